The monoisotopic (exact) mass is 941 g/mol. The van der Waals surface area contributed by atoms with Gasteiger partial charge in [-0.25, -0.2) is 0 Å². The van der Waals surface area contributed by atoms with Gasteiger partial charge in [-0.05, 0) is 6.42 Å². The second-order valence-electron chi connectivity index (χ2n) is 22.6. The van der Waals surface area contributed by atoms with Crippen molar-refractivity contribution in [2.45, 2.75) is 392 Å². The van der Waals surface area contributed by atoms with E-state index >= 15 is 0 Å². The van der Waals surface area contributed by atoms with Crippen molar-refractivity contribution in [1.82, 2.24) is 0 Å². The van der Waals surface area contributed by atoms with E-state index in [1.165, 1.54) is 366 Å². The zero-order valence-corrected chi connectivity index (χ0v) is 46.2. The van der Waals surface area contributed by atoms with Gasteiger partial charge < -0.3 is 4.74 Å². The predicted octanol–water partition coefficient (Wildman–Crippen LogP) is 23.1. The van der Waals surface area contributed by atoms with E-state index in [2.05, 4.69) is 11.7 Å². The van der Waals surface area contributed by atoms with Crippen LogP contribution in [0.3, 0.4) is 0 Å². The lowest BCUT2D eigenvalue weighted by molar-refractivity contribution is -0.153. The van der Waals surface area contributed by atoms with E-state index in [4.69, 9.17) is 0 Å². The second-order valence-corrected chi connectivity index (χ2v) is 22.6. The van der Waals surface area contributed by atoms with Gasteiger partial charge >= 0.3 is 11.9 Å². The molecule has 0 aromatic rings. The van der Waals surface area contributed by atoms with Crippen molar-refractivity contribution in [2.24, 2.45) is 5.92 Å². The number of esters is 2. The molecule has 1 saturated heterocycles. The van der Waals surface area contributed by atoms with Crippen LogP contribution in [0, 0.1) is 5.92 Å². The van der Waals surface area contributed by atoms with Gasteiger partial charge in [-0.2, -0.15) is 0 Å². The fourth-order valence-electron chi connectivity index (χ4n) is 11.1. The molecule has 0 radical (unpaired) electrons. The number of carbonyl (C=O) groups excluding carboxylic acids is 2. The minimum absolute atomic E-state index is 0.158. The number of cyclic esters (lactones) is 2. The highest BCUT2D eigenvalue weighted by molar-refractivity contribution is 5.94. The summed E-state index contributed by atoms with van der Waals surface area (Å²) in [6.07, 6.45) is 85.3. The number of unbranched alkanes of at least 4 members (excludes halogenated alkanes) is 57. The average molecular weight is 942 g/mol. The molecule has 1 atom stereocenters. The topological polar surface area (TPSA) is 43.4 Å². The molecule has 0 amide bonds. The Morgan fingerprint density at radius 1 is 0.254 bits per heavy atom. The van der Waals surface area contributed by atoms with E-state index in [9.17, 15) is 9.59 Å². The van der Waals surface area contributed by atoms with Crippen LogP contribution in [0.15, 0.2) is 0 Å². The summed E-state index contributed by atoms with van der Waals surface area (Å²) in [7, 11) is 0. The predicted molar refractivity (Wildman–Crippen MR) is 297 cm³/mol. The SMILES string of the molecule is CCCCCCCCCCCCCCCCCCCCCCCCCCCCCCCCCCCCCCCCCCCCCCCCCCCCCCCCCCCCC1CC(=O)OC1=O. The van der Waals surface area contributed by atoms with Crippen LogP contribution in [0.5, 0.6) is 0 Å². The summed E-state index contributed by atoms with van der Waals surface area (Å²) in [5.41, 5.74) is 0. The molecule has 1 heterocycles. The van der Waals surface area contributed by atoms with Crippen molar-refractivity contribution in [3.8, 4) is 0 Å². The molecule has 0 N–H and O–H groups in total. The van der Waals surface area contributed by atoms with Gasteiger partial charge in [0.2, 0.25) is 0 Å². The quantitative estimate of drug-likeness (QED) is 0.0347. The molecule has 3 nitrogen and oxygen atoms in total. The molecule has 1 unspecified atom stereocenters. The number of hydrogen-bond acceptors (Lipinski definition) is 3. The van der Waals surface area contributed by atoms with E-state index < -0.39 is 0 Å². The molecule has 0 aromatic heterocycles. The zero-order chi connectivity index (χ0) is 47.9. The second kappa shape index (κ2) is 56.1. The van der Waals surface area contributed by atoms with Crippen molar-refractivity contribution in [3.63, 3.8) is 0 Å². The molecule has 67 heavy (non-hydrogen) atoms. The maximum atomic E-state index is 11.5. The van der Waals surface area contributed by atoms with Gasteiger partial charge in [0, 0.05) is 0 Å². The van der Waals surface area contributed by atoms with Gasteiger partial charge in [-0.1, -0.05) is 379 Å². The lowest BCUT2D eigenvalue weighted by atomic mass is 9.98. The molecule has 3 heteroatoms. The summed E-state index contributed by atoms with van der Waals surface area (Å²) < 4.78 is 4.64. The van der Waals surface area contributed by atoms with Crippen molar-refractivity contribution >= 4 is 11.9 Å². The maximum absolute atomic E-state index is 11.5. The van der Waals surface area contributed by atoms with E-state index in [1.54, 1.807) is 0 Å². The fourth-order valence-corrected chi connectivity index (χ4v) is 11.1. The summed E-state index contributed by atoms with van der Waals surface area (Å²) in [4.78, 5) is 22.7. The van der Waals surface area contributed by atoms with Crippen LogP contribution in [0.4, 0.5) is 0 Å². The molecule has 1 fully saturated rings. The zero-order valence-electron chi connectivity index (χ0n) is 46.2. The average Bonchev–Trinajstić information content (AvgIpc) is 3.66. The summed E-state index contributed by atoms with van der Waals surface area (Å²) >= 11 is 0. The molecule has 0 bridgehead atoms. The Kier molecular flexibility index (Phi) is 53.7. The van der Waals surface area contributed by atoms with Crippen molar-refractivity contribution in [3.05, 3.63) is 0 Å². The fraction of sp³-hybridized carbons (Fsp3) is 0.969. The maximum Gasteiger partial charge on any atom is 0.317 e. The van der Waals surface area contributed by atoms with Crippen LogP contribution in [0.2, 0.25) is 0 Å². The number of hydrogen-bond donors (Lipinski definition) is 0. The Labute approximate surface area is 422 Å². The van der Waals surface area contributed by atoms with Crippen LogP contribution in [-0.4, -0.2) is 11.9 Å². The van der Waals surface area contributed by atoms with Crippen LogP contribution < -0.4 is 0 Å². The number of ether oxygens (including phenoxy) is 1. The minimum Gasteiger partial charge on any atom is -0.393 e. The molecular formula is C64H124O3. The Hall–Kier alpha value is -0.860. The Morgan fingerprint density at radius 3 is 0.537 bits per heavy atom. The largest absolute Gasteiger partial charge is 0.393 e. The van der Waals surface area contributed by atoms with Gasteiger partial charge in [0.1, 0.15) is 0 Å². The summed E-state index contributed by atoms with van der Waals surface area (Å²) in [5.74, 6) is -0.787. The first-order valence-corrected chi connectivity index (χ1v) is 32.0. The molecule has 0 spiro atoms. The standard InChI is InChI=1S/C64H124O3/c1-2-3-4-5-6-7-8-9-10-11-12-13-14-15-16-17-18-19-20-21-22-23-24-25-26-27-28-29-30-31-32-33-34-35-36-37-38-39-40-41-42-43-44-45-46-47-48-49-50-51-52-53-54-55-56-57-58-59-60-62-61-63(65)67-64(62)66/h62H,2-61H2,1H3. The third-order valence-electron chi connectivity index (χ3n) is 15.9. The highest BCUT2D eigenvalue weighted by Crippen LogP contribution is 2.24. The summed E-state index contributed by atoms with van der Waals surface area (Å²) in [6, 6.07) is 0. The normalized spacial score (nSPS) is 14.0. The number of rotatable bonds is 59. The Bertz CT molecular complexity index is 959. The van der Waals surface area contributed by atoms with Crippen LogP contribution in [0.25, 0.3) is 0 Å². The third kappa shape index (κ3) is 51.3. The molecule has 1 aliphatic rings. The molecule has 0 saturated carbocycles. The van der Waals surface area contributed by atoms with Crippen molar-refractivity contribution in [2.75, 3.05) is 0 Å². The minimum atomic E-state index is -0.335. The Balaban J connectivity index is 1.59. The van der Waals surface area contributed by atoms with E-state index in [0.717, 1.165) is 12.8 Å². The molecule has 1 rings (SSSR count). The van der Waals surface area contributed by atoms with Gasteiger partial charge in [0.25, 0.3) is 0 Å². The van der Waals surface area contributed by atoms with E-state index in [0.29, 0.717) is 6.42 Å². The molecular weight excluding hydrogens is 817 g/mol. The van der Waals surface area contributed by atoms with Crippen LogP contribution in [-0.2, 0) is 14.3 Å². The molecule has 1 aliphatic heterocycles. The molecule has 0 aliphatic carbocycles. The third-order valence-corrected chi connectivity index (χ3v) is 15.9. The molecule has 0 aromatic carbocycles. The van der Waals surface area contributed by atoms with Gasteiger partial charge in [0.05, 0.1) is 12.3 Å². The summed E-state index contributed by atoms with van der Waals surface area (Å²) in [5, 5.41) is 0. The van der Waals surface area contributed by atoms with Gasteiger partial charge in [-0.15, -0.1) is 0 Å². The van der Waals surface area contributed by atoms with Gasteiger partial charge in [0.15, 0.2) is 0 Å². The highest BCUT2D eigenvalue weighted by Gasteiger charge is 2.32. The molecule has 398 valence electrons. The highest BCUT2D eigenvalue weighted by atomic mass is 16.6. The first kappa shape index (κ1) is 64.2. The summed E-state index contributed by atoms with van der Waals surface area (Å²) in [6.45, 7) is 2.31. The number of carbonyl (C=O) groups is 2. The van der Waals surface area contributed by atoms with E-state index in [1.807, 2.05) is 0 Å². The van der Waals surface area contributed by atoms with Crippen LogP contribution >= 0.6 is 0 Å². The van der Waals surface area contributed by atoms with Crippen molar-refractivity contribution < 1.29 is 14.3 Å². The van der Waals surface area contributed by atoms with E-state index in [-0.39, 0.29) is 17.9 Å². The first-order chi connectivity index (χ1) is 33.2. The lowest BCUT2D eigenvalue weighted by Crippen LogP contribution is -2.06. The van der Waals surface area contributed by atoms with Crippen molar-refractivity contribution in [1.29, 1.82) is 0 Å². The van der Waals surface area contributed by atoms with Gasteiger partial charge in [-0.3, -0.25) is 9.59 Å². The van der Waals surface area contributed by atoms with Crippen LogP contribution in [0.1, 0.15) is 392 Å². The Morgan fingerprint density at radius 2 is 0.403 bits per heavy atom. The lowest BCUT2D eigenvalue weighted by Gasteiger charge is -2.05. The first-order valence-electron chi connectivity index (χ1n) is 32.0. The smallest absolute Gasteiger partial charge is 0.317 e.